The number of rotatable bonds is 7. The Bertz CT molecular complexity index is 1240. The van der Waals surface area contributed by atoms with Gasteiger partial charge in [-0.05, 0) is 70.7 Å². The number of hydrogen-bond acceptors (Lipinski definition) is 4. The smallest absolute Gasteiger partial charge is 0.294 e. The lowest BCUT2D eigenvalue weighted by Crippen LogP contribution is -2.44. The molecular weight excluding hydrogens is 496 g/mol. The van der Waals surface area contributed by atoms with Gasteiger partial charge in [-0.3, -0.25) is 14.5 Å². The van der Waals surface area contributed by atoms with Crippen molar-refractivity contribution in [1.82, 2.24) is 5.32 Å². The molecule has 0 bridgehead atoms. The number of nitrogens with zero attached hydrogens (tertiary/aromatic N) is 1. The van der Waals surface area contributed by atoms with E-state index in [1.807, 2.05) is 31.2 Å². The van der Waals surface area contributed by atoms with Gasteiger partial charge in [0.15, 0.2) is 11.5 Å². The van der Waals surface area contributed by atoms with Crippen molar-refractivity contribution in [2.45, 2.75) is 13.3 Å². The minimum Gasteiger partial charge on any atom is -0.496 e. The summed E-state index contributed by atoms with van der Waals surface area (Å²) in [5.74, 6) is 0.743. The maximum Gasteiger partial charge on any atom is 0.294 e. The number of para-hydroxylation sites is 2. The van der Waals surface area contributed by atoms with E-state index < -0.39 is 0 Å². The van der Waals surface area contributed by atoms with Gasteiger partial charge in [-0.2, -0.15) is 0 Å². The molecule has 1 aliphatic rings. The van der Waals surface area contributed by atoms with Crippen LogP contribution in [0.3, 0.4) is 0 Å². The molecule has 0 aliphatic carbocycles. The molecule has 0 spiro atoms. The molecule has 7 heteroatoms. The van der Waals surface area contributed by atoms with E-state index in [9.17, 15) is 9.59 Å². The van der Waals surface area contributed by atoms with Crippen LogP contribution in [0.2, 0.25) is 0 Å². The second-order valence-electron chi connectivity index (χ2n) is 7.95. The number of halogens is 1. The van der Waals surface area contributed by atoms with Crippen molar-refractivity contribution in [3.63, 3.8) is 0 Å². The largest absolute Gasteiger partial charge is 0.496 e. The van der Waals surface area contributed by atoms with E-state index in [0.29, 0.717) is 23.7 Å². The molecule has 1 heterocycles. The predicted molar refractivity (Wildman–Crippen MR) is 136 cm³/mol. The number of hydrogen-bond donors (Lipinski definition) is 1. The molecule has 3 aromatic carbocycles. The number of anilines is 1. The van der Waals surface area contributed by atoms with Crippen molar-refractivity contribution in [1.29, 1.82) is 0 Å². The second kappa shape index (κ2) is 10.6. The van der Waals surface area contributed by atoms with Crippen molar-refractivity contribution in [2.24, 2.45) is 0 Å². The van der Waals surface area contributed by atoms with Crippen molar-refractivity contribution in [3.05, 3.63) is 93.7 Å². The Morgan fingerprint density at radius 2 is 1.88 bits per heavy atom. The van der Waals surface area contributed by atoms with Crippen molar-refractivity contribution in [3.8, 4) is 11.5 Å². The Labute approximate surface area is 207 Å². The lowest BCUT2D eigenvalue weighted by Gasteiger charge is -2.30. The van der Waals surface area contributed by atoms with Gasteiger partial charge in [0, 0.05) is 6.54 Å². The maximum absolute atomic E-state index is 13.3. The molecule has 3 aromatic rings. The van der Waals surface area contributed by atoms with E-state index in [2.05, 4.69) is 45.5 Å². The summed E-state index contributed by atoms with van der Waals surface area (Å²) >= 11 is 3.46. The number of amides is 2. The van der Waals surface area contributed by atoms with Crippen LogP contribution in [0.5, 0.6) is 11.5 Å². The fraction of sp³-hybridized carbons (Fsp3) is 0.185. The second-order valence-corrected chi connectivity index (χ2v) is 8.80. The first kappa shape index (κ1) is 23.6. The summed E-state index contributed by atoms with van der Waals surface area (Å²) in [7, 11) is 1.59. The number of ether oxygens (including phenoxy) is 2. The SMILES string of the molecule is COc1ccc(C=C2Oc3ccccc3N(CC(=O)NCCc3ccc(C)cc3)C2=O)cc1Br. The summed E-state index contributed by atoms with van der Waals surface area (Å²) in [5, 5.41) is 2.92. The number of aryl methyl sites for hydroxylation is 1. The van der Waals surface area contributed by atoms with Gasteiger partial charge in [0.05, 0.1) is 17.3 Å². The molecule has 6 nitrogen and oxygen atoms in total. The summed E-state index contributed by atoms with van der Waals surface area (Å²) in [6, 6.07) is 20.9. The van der Waals surface area contributed by atoms with Crippen molar-refractivity contribution < 1.29 is 19.1 Å². The molecule has 174 valence electrons. The zero-order chi connectivity index (χ0) is 24.1. The summed E-state index contributed by atoms with van der Waals surface area (Å²) in [5.41, 5.74) is 3.67. The Morgan fingerprint density at radius 1 is 1.12 bits per heavy atom. The summed E-state index contributed by atoms with van der Waals surface area (Å²) in [6.45, 7) is 2.43. The molecule has 0 fully saturated rings. The molecule has 0 unspecified atom stereocenters. The van der Waals surface area contributed by atoms with E-state index >= 15 is 0 Å². The number of methoxy groups -OCH3 is 1. The van der Waals surface area contributed by atoms with Gasteiger partial charge in [0.2, 0.25) is 5.91 Å². The number of benzene rings is 3. The maximum atomic E-state index is 13.3. The number of fused-ring (bicyclic) bond motifs is 1. The van der Waals surface area contributed by atoms with Gasteiger partial charge in [-0.15, -0.1) is 0 Å². The first-order chi connectivity index (χ1) is 16.4. The highest BCUT2D eigenvalue weighted by atomic mass is 79.9. The third kappa shape index (κ3) is 5.48. The molecule has 0 saturated carbocycles. The fourth-order valence-electron chi connectivity index (χ4n) is 3.64. The van der Waals surface area contributed by atoms with Gasteiger partial charge < -0.3 is 14.8 Å². The van der Waals surface area contributed by atoms with E-state index in [4.69, 9.17) is 9.47 Å². The molecule has 0 radical (unpaired) electrons. The number of carbonyl (C=O) groups is 2. The van der Waals surface area contributed by atoms with Crippen LogP contribution in [-0.2, 0) is 16.0 Å². The van der Waals surface area contributed by atoms with Gasteiger partial charge in [0.25, 0.3) is 5.91 Å². The standard InChI is InChI=1S/C27H25BrN2O4/c1-18-7-9-19(10-8-18)13-14-29-26(31)17-30-22-5-3-4-6-24(22)34-25(27(30)32)16-20-11-12-23(33-2)21(28)15-20/h3-12,15-16H,13-14,17H2,1-2H3,(H,29,31). The third-order valence-electron chi connectivity index (χ3n) is 5.46. The van der Waals surface area contributed by atoms with Gasteiger partial charge in [-0.1, -0.05) is 48.0 Å². The van der Waals surface area contributed by atoms with Crippen molar-refractivity contribution >= 4 is 39.5 Å². The average Bonchev–Trinajstić information content (AvgIpc) is 2.83. The van der Waals surface area contributed by atoms with Crippen LogP contribution in [0.15, 0.2) is 77.0 Å². The van der Waals surface area contributed by atoms with Gasteiger partial charge in [-0.25, -0.2) is 0 Å². The van der Waals surface area contributed by atoms with Crippen LogP contribution in [-0.4, -0.2) is 32.0 Å². The minimum absolute atomic E-state index is 0.100. The van der Waals surface area contributed by atoms with E-state index in [1.54, 1.807) is 31.4 Å². The zero-order valence-electron chi connectivity index (χ0n) is 19.0. The van der Waals surface area contributed by atoms with Crippen LogP contribution in [0.1, 0.15) is 16.7 Å². The minimum atomic E-state index is -0.376. The zero-order valence-corrected chi connectivity index (χ0v) is 20.6. The highest BCUT2D eigenvalue weighted by molar-refractivity contribution is 9.10. The van der Waals surface area contributed by atoms with Crippen molar-refractivity contribution in [2.75, 3.05) is 25.1 Å². The molecule has 2 amide bonds. The molecule has 0 aromatic heterocycles. The molecule has 0 atom stereocenters. The lowest BCUT2D eigenvalue weighted by molar-refractivity contribution is -0.123. The van der Waals surface area contributed by atoms with Crippen LogP contribution >= 0.6 is 15.9 Å². The van der Waals surface area contributed by atoms with E-state index in [1.165, 1.54) is 10.5 Å². The molecule has 4 rings (SSSR count). The van der Waals surface area contributed by atoms with Crippen LogP contribution in [0, 0.1) is 6.92 Å². The highest BCUT2D eigenvalue weighted by Gasteiger charge is 2.31. The topological polar surface area (TPSA) is 67.9 Å². The number of carbonyl (C=O) groups excluding carboxylic acids is 2. The Kier molecular flexibility index (Phi) is 7.33. The third-order valence-corrected chi connectivity index (χ3v) is 6.08. The molecule has 0 saturated heterocycles. The first-order valence-corrected chi connectivity index (χ1v) is 11.7. The molecule has 34 heavy (non-hydrogen) atoms. The predicted octanol–water partition coefficient (Wildman–Crippen LogP) is 4.89. The van der Waals surface area contributed by atoms with Crippen LogP contribution in [0.25, 0.3) is 6.08 Å². The number of nitrogens with one attached hydrogen (secondary N) is 1. The Hall–Kier alpha value is -3.58. The summed E-state index contributed by atoms with van der Waals surface area (Å²) in [6.07, 6.45) is 2.38. The average molecular weight is 521 g/mol. The highest BCUT2D eigenvalue weighted by Crippen LogP contribution is 2.36. The molecule has 1 aliphatic heterocycles. The Morgan fingerprint density at radius 3 is 2.62 bits per heavy atom. The lowest BCUT2D eigenvalue weighted by atomic mass is 10.1. The van der Waals surface area contributed by atoms with Gasteiger partial charge >= 0.3 is 0 Å². The Balaban J connectivity index is 1.49. The van der Waals surface area contributed by atoms with Gasteiger partial charge in [0.1, 0.15) is 12.3 Å². The summed E-state index contributed by atoms with van der Waals surface area (Å²) < 4.78 is 11.9. The molecular formula is C27H25BrN2O4. The van der Waals surface area contributed by atoms with E-state index in [-0.39, 0.29) is 24.1 Å². The fourth-order valence-corrected chi connectivity index (χ4v) is 4.20. The van der Waals surface area contributed by atoms with Crippen LogP contribution < -0.4 is 19.7 Å². The quantitative estimate of drug-likeness (QED) is 0.450. The van der Waals surface area contributed by atoms with E-state index in [0.717, 1.165) is 22.0 Å². The monoisotopic (exact) mass is 520 g/mol. The molecule has 1 N–H and O–H groups in total. The summed E-state index contributed by atoms with van der Waals surface area (Å²) in [4.78, 5) is 27.4. The van der Waals surface area contributed by atoms with Crippen LogP contribution in [0.4, 0.5) is 5.69 Å². The normalized spacial score (nSPS) is 13.9. The first-order valence-electron chi connectivity index (χ1n) is 10.9.